The second-order valence-electron chi connectivity index (χ2n) is 4.16. The first-order chi connectivity index (χ1) is 8.40. The van der Waals surface area contributed by atoms with E-state index in [0.717, 1.165) is 25.1 Å². The van der Waals surface area contributed by atoms with Gasteiger partial charge in [-0.15, -0.1) is 0 Å². The second-order valence-corrected chi connectivity index (χ2v) is 4.16. The Morgan fingerprint density at radius 3 is 2.82 bits per heavy atom. The lowest BCUT2D eigenvalue weighted by Crippen LogP contribution is -2.36. The van der Waals surface area contributed by atoms with Gasteiger partial charge in [-0.1, -0.05) is 30.3 Å². The molecule has 1 aromatic rings. The lowest BCUT2D eigenvalue weighted by Gasteiger charge is -2.25. The number of benzene rings is 1. The quantitative estimate of drug-likeness (QED) is 0.804. The number of nitrogens with one attached hydrogen (secondary N) is 1. The molecule has 2 atom stereocenters. The number of ether oxygens (including phenoxy) is 2. The maximum absolute atomic E-state index is 9.38. The summed E-state index contributed by atoms with van der Waals surface area (Å²) in [5.74, 6) is 0. The molecule has 2 rings (SSSR count). The molecule has 0 saturated carbocycles. The van der Waals surface area contributed by atoms with Gasteiger partial charge < -0.3 is 19.9 Å². The lowest BCUT2D eigenvalue weighted by atomic mass is 10.1. The Kier molecular flexibility index (Phi) is 4.94. The van der Waals surface area contributed by atoms with Gasteiger partial charge in [0.1, 0.15) is 6.79 Å². The van der Waals surface area contributed by atoms with E-state index in [9.17, 15) is 5.11 Å². The maximum Gasteiger partial charge on any atom is 0.147 e. The zero-order valence-electron chi connectivity index (χ0n) is 9.84. The highest BCUT2D eigenvalue weighted by Crippen LogP contribution is 2.13. The average molecular weight is 237 g/mol. The fourth-order valence-electron chi connectivity index (χ4n) is 1.91. The second kappa shape index (κ2) is 6.71. The summed E-state index contributed by atoms with van der Waals surface area (Å²) in [5, 5.41) is 12.7. The number of hydrogen-bond acceptors (Lipinski definition) is 4. The summed E-state index contributed by atoms with van der Waals surface area (Å²) < 4.78 is 10.6. The van der Waals surface area contributed by atoms with Crippen LogP contribution >= 0.6 is 0 Å². The average Bonchev–Trinajstić information content (AvgIpc) is 2.42. The van der Waals surface area contributed by atoms with Gasteiger partial charge in [0.25, 0.3) is 0 Å². The standard InChI is InChI=1S/C13H19NO3/c15-9-13(11-4-2-1-3-5-11)14-8-12-6-7-16-10-17-12/h1-5,12-15H,6-10H2. The van der Waals surface area contributed by atoms with Crippen LogP contribution in [0.5, 0.6) is 0 Å². The maximum atomic E-state index is 9.38. The molecule has 0 radical (unpaired) electrons. The smallest absolute Gasteiger partial charge is 0.147 e. The van der Waals surface area contributed by atoms with E-state index in [0.29, 0.717) is 6.79 Å². The van der Waals surface area contributed by atoms with E-state index in [2.05, 4.69) is 5.32 Å². The molecule has 1 saturated heterocycles. The summed E-state index contributed by atoms with van der Waals surface area (Å²) in [6.07, 6.45) is 1.08. The largest absolute Gasteiger partial charge is 0.394 e. The monoisotopic (exact) mass is 237 g/mol. The third-order valence-corrected chi connectivity index (χ3v) is 2.95. The van der Waals surface area contributed by atoms with Crippen molar-refractivity contribution in [3.05, 3.63) is 35.9 Å². The topological polar surface area (TPSA) is 50.7 Å². The van der Waals surface area contributed by atoms with Gasteiger partial charge in [-0.25, -0.2) is 0 Å². The molecule has 94 valence electrons. The first-order valence-electron chi connectivity index (χ1n) is 5.98. The van der Waals surface area contributed by atoms with Crippen molar-refractivity contribution in [1.82, 2.24) is 5.32 Å². The van der Waals surface area contributed by atoms with E-state index in [1.807, 2.05) is 30.3 Å². The molecule has 1 fully saturated rings. The summed E-state index contributed by atoms with van der Waals surface area (Å²) in [6.45, 7) is 1.96. The fraction of sp³-hybridized carbons (Fsp3) is 0.538. The molecule has 0 aliphatic carbocycles. The van der Waals surface area contributed by atoms with Crippen LogP contribution in [0.2, 0.25) is 0 Å². The molecular formula is C13H19NO3. The number of aliphatic hydroxyl groups excluding tert-OH is 1. The van der Waals surface area contributed by atoms with Crippen molar-refractivity contribution in [2.24, 2.45) is 0 Å². The zero-order chi connectivity index (χ0) is 11.9. The molecule has 1 aliphatic rings. The summed E-state index contributed by atoms with van der Waals surface area (Å²) in [7, 11) is 0. The van der Waals surface area contributed by atoms with E-state index in [1.165, 1.54) is 0 Å². The highest BCUT2D eigenvalue weighted by Gasteiger charge is 2.16. The molecule has 0 bridgehead atoms. The highest BCUT2D eigenvalue weighted by atomic mass is 16.7. The van der Waals surface area contributed by atoms with E-state index in [1.54, 1.807) is 0 Å². The molecule has 1 aliphatic heterocycles. The van der Waals surface area contributed by atoms with Gasteiger partial charge in [0.2, 0.25) is 0 Å². The molecule has 0 aromatic heterocycles. The lowest BCUT2D eigenvalue weighted by molar-refractivity contribution is -0.137. The van der Waals surface area contributed by atoms with E-state index >= 15 is 0 Å². The van der Waals surface area contributed by atoms with Crippen molar-refractivity contribution in [2.75, 3.05) is 26.6 Å². The van der Waals surface area contributed by atoms with Gasteiger partial charge in [0, 0.05) is 6.54 Å². The molecule has 2 unspecified atom stereocenters. The van der Waals surface area contributed by atoms with Gasteiger partial charge in [0.15, 0.2) is 0 Å². The molecule has 1 aromatic carbocycles. The molecule has 4 heteroatoms. The first kappa shape index (κ1) is 12.5. The van der Waals surface area contributed by atoms with Crippen LogP contribution in [0.1, 0.15) is 18.0 Å². The van der Waals surface area contributed by atoms with Crippen molar-refractivity contribution in [3.63, 3.8) is 0 Å². The van der Waals surface area contributed by atoms with Gasteiger partial charge in [0.05, 0.1) is 25.4 Å². The predicted molar refractivity (Wildman–Crippen MR) is 64.6 cm³/mol. The van der Waals surface area contributed by atoms with Gasteiger partial charge >= 0.3 is 0 Å². The van der Waals surface area contributed by atoms with E-state index in [-0.39, 0.29) is 18.8 Å². The van der Waals surface area contributed by atoms with Gasteiger partial charge in [-0.3, -0.25) is 0 Å². The van der Waals surface area contributed by atoms with Crippen molar-refractivity contribution >= 4 is 0 Å². The third kappa shape index (κ3) is 3.78. The number of hydrogen-bond donors (Lipinski definition) is 2. The molecule has 1 heterocycles. The van der Waals surface area contributed by atoms with Crippen molar-refractivity contribution in [1.29, 1.82) is 0 Å². The molecule has 0 spiro atoms. The van der Waals surface area contributed by atoms with Crippen LogP contribution < -0.4 is 5.32 Å². The minimum absolute atomic E-state index is 0.0253. The van der Waals surface area contributed by atoms with Crippen LogP contribution in [0, 0.1) is 0 Å². The van der Waals surface area contributed by atoms with Crippen LogP contribution in [-0.2, 0) is 9.47 Å². The first-order valence-corrected chi connectivity index (χ1v) is 5.98. The van der Waals surface area contributed by atoms with Crippen LogP contribution in [-0.4, -0.2) is 37.8 Å². The summed E-state index contributed by atoms with van der Waals surface area (Å²) in [5.41, 5.74) is 1.10. The molecular weight excluding hydrogens is 218 g/mol. The Labute approximate surface area is 102 Å². The Hall–Kier alpha value is -0.940. The number of rotatable bonds is 5. The molecule has 0 amide bonds. The number of aliphatic hydroxyl groups is 1. The SMILES string of the molecule is OCC(NCC1CCOCO1)c1ccccc1. The van der Waals surface area contributed by atoms with Gasteiger partial charge in [-0.05, 0) is 12.0 Å². The summed E-state index contributed by atoms with van der Waals surface area (Å²) in [6, 6.07) is 9.93. The Morgan fingerprint density at radius 2 is 2.18 bits per heavy atom. The summed E-state index contributed by atoms with van der Waals surface area (Å²) in [4.78, 5) is 0. The normalized spacial score (nSPS) is 22.3. The minimum Gasteiger partial charge on any atom is -0.394 e. The van der Waals surface area contributed by atoms with Gasteiger partial charge in [-0.2, -0.15) is 0 Å². The van der Waals surface area contributed by atoms with E-state index in [4.69, 9.17) is 9.47 Å². The molecule has 4 nitrogen and oxygen atoms in total. The van der Waals surface area contributed by atoms with Crippen molar-refractivity contribution < 1.29 is 14.6 Å². The predicted octanol–water partition coefficient (Wildman–Crippen LogP) is 1.07. The van der Waals surface area contributed by atoms with Crippen molar-refractivity contribution in [3.8, 4) is 0 Å². The highest BCUT2D eigenvalue weighted by molar-refractivity contribution is 5.18. The zero-order valence-corrected chi connectivity index (χ0v) is 9.84. The van der Waals surface area contributed by atoms with Crippen LogP contribution in [0.4, 0.5) is 0 Å². The molecule has 17 heavy (non-hydrogen) atoms. The van der Waals surface area contributed by atoms with Crippen molar-refractivity contribution in [2.45, 2.75) is 18.6 Å². The molecule has 2 N–H and O–H groups in total. The Balaban J connectivity index is 1.83. The Morgan fingerprint density at radius 1 is 1.35 bits per heavy atom. The van der Waals surface area contributed by atoms with E-state index < -0.39 is 0 Å². The Bertz CT molecular complexity index is 312. The fourth-order valence-corrected chi connectivity index (χ4v) is 1.91. The van der Waals surface area contributed by atoms with Crippen LogP contribution in [0.15, 0.2) is 30.3 Å². The summed E-state index contributed by atoms with van der Waals surface area (Å²) >= 11 is 0. The van der Waals surface area contributed by atoms with Crippen LogP contribution in [0.3, 0.4) is 0 Å². The minimum atomic E-state index is -0.0253. The third-order valence-electron chi connectivity index (χ3n) is 2.95. The van der Waals surface area contributed by atoms with Crippen LogP contribution in [0.25, 0.3) is 0 Å².